The standard InChI is InChI=1S/C6H11N3/c1-3-9-4-6(7-2)8-5-9/h4-5,7H,3H2,1-2H3. The number of aromatic nitrogens is 2. The minimum atomic E-state index is 0.928. The van der Waals surface area contributed by atoms with E-state index < -0.39 is 0 Å². The van der Waals surface area contributed by atoms with Crippen molar-refractivity contribution in [3.05, 3.63) is 12.5 Å². The molecular formula is C6H11N3. The molecule has 1 aromatic heterocycles. The van der Waals surface area contributed by atoms with Crippen LogP contribution < -0.4 is 5.32 Å². The second-order valence-corrected chi connectivity index (χ2v) is 1.84. The molecule has 0 fully saturated rings. The summed E-state index contributed by atoms with van der Waals surface area (Å²) in [5.74, 6) is 0.928. The van der Waals surface area contributed by atoms with Crippen molar-refractivity contribution in [2.45, 2.75) is 13.5 Å². The summed E-state index contributed by atoms with van der Waals surface area (Å²) in [6.45, 7) is 3.07. The smallest absolute Gasteiger partial charge is 0.143 e. The topological polar surface area (TPSA) is 29.9 Å². The van der Waals surface area contributed by atoms with E-state index in [2.05, 4.69) is 17.2 Å². The lowest BCUT2D eigenvalue weighted by Crippen LogP contribution is -1.88. The van der Waals surface area contributed by atoms with Gasteiger partial charge in [-0.3, -0.25) is 0 Å². The molecule has 0 bridgehead atoms. The van der Waals surface area contributed by atoms with E-state index in [9.17, 15) is 0 Å². The van der Waals surface area contributed by atoms with Crippen molar-refractivity contribution in [2.24, 2.45) is 0 Å². The second-order valence-electron chi connectivity index (χ2n) is 1.84. The zero-order valence-electron chi connectivity index (χ0n) is 5.76. The van der Waals surface area contributed by atoms with Crippen molar-refractivity contribution >= 4 is 5.82 Å². The van der Waals surface area contributed by atoms with Gasteiger partial charge < -0.3 is 9.88 Å². The number of hydrogen-bond acceptors (Lipinski definition) is 2. The molecular weight excluding hydrogens is 114 g/mol. The first-order valence-electron chi connectivity index (χ1n) is 3.06. The lowest BCUT2D eigenvalue weighted by Gasteiger charge is -1.90. The average Bonchev–Trinajstić information content (AvgIpc) is 2.34. The number of imidazole rings is 1. The first-order valence-corrected chi connectivity index (χ1v) is 3.06. The number of anilines is 1. The Morgan fingerprint density at radius 2 is 2.56 bits per heavy atom. The lowest BCUT2D eigenvalue weighted by atomic mass is 10.7. The monoisotopic (exact) mass is 125 g/mol. The van der Waals surface area contributed by atoms with Crippen LogP contribution in [0, 0.1) is 0 Å². The van der Waals surface area contributed by atoms with E-state index in [1.807, 2.05) is 24.1 Å². The molecule has 0 amide bonds. The maximum atomic E-state index is 4.06. The van der Waals surface area contributed by atoms with Crippen LogP contribution in [0.2, 0.25) is 0 Å². The molecule has 0 atom stereocenters. The van der Waals surface area contributed by atoms with Gasteiger partial charge in [0, 0.05) is 19.8 Å². The third-order valence-corrected chi connectivity index (χ3v) is 1.25. The number of hydrogen-bond donors (Lipinski definition) is 1. The molecule has 9 heavy (non-hydrogen) atoms. The highest BCUT2D eigenvalue weighted by Gasteiger charge is 1.90. The third-order valence-electron chi connectivity index (χ3n) is 1.25. The van der Waals surface area contributed by atoms with Gasteiger partial charge in [0.15, 0.2) is 0 Å². The van der Waals surface area contributed by atoms with Gasteiger partial charge in [0.1, 0.15) is 5.82 Å². The van der Waals surface area contributed by atoms with Crippen LogP contribution in [0.25, 0.3) is 0 Å². The Morgan fingerprint density at radius 3 is 2.89 bits per heavy atom. The van der Waals surface area contributed by atoms with E-state index in [0.29, 0.717) is 0 Å². The van der Waals surface area contributed by atoms with Crippen LogP contribution in [0.4, 0.5) is 5.82 Å². The van der Waals surface area contributed by atoms with E-state index in [-0.39, 0.29) is 0 Å². The summed E-state index contributed by atoms with van der Waals surface area (Å²) < 4.78 is 2.02. The second kappa shape index (κ2) is 2.53. The largest absolute Gasteiger partial charge is 0.372 e. The minimum Gasteiger partial charge on any atom is -0.372 e. The van der Waals surface area contributed by atoms with Crippen LogP contribution in [-0.2, 0) is 6.54 Å². The summed E-state index contributed by atoms with van der Waals surface area (Å²) in [6.07, 6.45) is 3.78. The predicted molar refractivity (Wildman–Crippen MR) is 37.4 cm³/mol. The fraction of sp³-hybridized carbons (Fsp3) is 0.500. The van der Waals surface area contributed by atoms with E-state index in [1.54, 1.807) is 0 Å². The van der Waals surface area contributed by atoms with Crippen molar-refractivity contribution in [3.8, 4) is 0 Å². The molecule has 1 rings (SSSR count). The zero-order valence-corrected chi connectivity index (χ0v) is 5.76. The Kier molecular flexibility index (Phi) is 1.72. The molecule has 1 heterocycles. The van der Waals surface area contributed by atoms with Crippen LogP contribution in [0.5, 0.6) is 0 Å². The van der Waals surface area contributed by atoms with Crippen LogP contribution in [0.3, 0.4) is 0 Å². The normalized spacial score (nSPS) is 9.56. The van der Waals surface area contributed by atoms with Gasteiger partial charge in [-0.2, -0.15) is 0 Å². The molecule has 1 N–H and O–H groups in total. The van der Waals surface area contributed by atoms with Crippen molar-refractivity contribution < 1.29 is 0 Å². The average molecular weight is 125 g/mol. The zero-order chi connectivity index (χ0) is 6.69. The Hall–Kier alpha value is -0.990. The molecule has 1 aromatic rings. The van der Waals surface area contributed by atoms with Gasteiger partial charge in [-0.05, 0) is 6.92 Å². The summed E-state index contributed by atoms with van der Waals surface area (Å²) in [4.78, 5) is 4.06. The molecule has 0 radical (unpaired) electrons. The molecule has 0 spiro atoms. The van der Waals surface area contributed by atoms with Gasteiger partial charge >= 0.3 is 0 Å². The summed E-state index contributed by atoms with van der Waals surface area (Å²) >= 11 is 0. The predicted octanol–water partition coefficient (Wildman–Crippen LogP) is 0.945. The van der Waals surface area contributed by atoms with Gasteiger partial charge in [0.2, 0.25) is 0 Å². The van der Waals surface area contributed by atoms with Gasteiger partial charge in [-0.15, -0.1) is 0 Å². The molecule has 3 nitrogen and oxygen atoms in total. The number of nitrogens with zero attached hydrogens (tertiary/aromatic N) is 2. The SMILES string of the molecule is CCn1cnc(NC)c1. The summed E-state index contributed by atoms with van der Waals surface area (Å²) in [7, 11) is 1.86. The molecule has 0 aliphatic rings. The highest BCUT2D eigenvalue weighted by atomic mass is 15.1. The molecule has 0 aliphatic heterocycles. The molecule has 50 valence electrons. The summed E-state index contributed by atoms with van der Waals surface area (Å²) in [5.41, 5.74) is 0. The highest BCUT2D eigenvalue weighted by Crippen LogP contribution is 1.99. The molecule has 3 heteroatoms. The van der Waals surface area contributed by atoms with E-state index in [0.717, 1.165) is 12.4 Å². The number of aryl methyl sites for hydroxylation is 1. The Bertz CT molecular complexity index is 162. The molecule has 0 unspecified atom stereocenters. The Balaban J connectivity index is 2.74. The lowest BCUT2D eigenvalue weighted by molar-refractivity contribution is 0.762. The molecule has 0 saturated heterocycles. The summed E-state index contributed by atoms with van der Waals surface area (Å²) in [6, 6.07) is 0. The van der Waals surface area contributed by atoms with E-state index >= 15 is 0 Å². The number of nitrogens with one attached hydrogen (secondary N) is 1. The van der Waals surface area contributed by atoms with Gasteiger partial charge in [-0.1, -0.05) is 0 Å². The molecule has 0 saturated carbocycles. The fourth-order valence-corrected chi connectivity index (χ4v) is 0.662. The Morgan fingerprint density at radius 1 is 1.78 bits per heavy atom. The van der Waals surface area contributed by atoms with Gasteiger partial charge in [-0.25, -0.2) is 4.98 Å². The molecule has 0 aromatic carbocycles. The maximum absolute atomic E-state index is 4.06. The van der Waals surface area contributed by atoms with Crippen molar-refractivity contribution in [1.82, 2.24) is 9.55 Å². The van der Waals surface area contributed by atoms with Crippen molar-refractivity contribution in [3.63, 3.8) is 0 Å². The Labute approximate surface area is 54.7 Å². The molecule has 0 aliphatic carbocycles. The first kappa shape index (κ1) is 6.13. The maximum Gasteiger partial charge on any atom is 0.143 e. The quantitative estimate of drug-likeness (QED) is 0.637. The summed E-state index contributed by atoms with van der Waals surface area (Å²) in [5, 5.41) is 2.95. The minimum absolute atomic E-state index is 0.928. The number of rotatable bonds is 2. The van der Waals surface area contributed by atoms with Crippen molar-refractivity contribution in [2.75, 3.05) is 12.4 Å². The van der Waals surface area contributed by atoms with Crippen LogP contribution in [0.15, 0.2) is 12.5 Å². The highest BCUT2D eigenvalue weighted by molar-refractivity contribution is 5.29. The first-order chi connectivity index (χ1) is 4.36. The van der Waals surface area contributed by atoms with Crippen LogP contribution >= 0.6 is 0 Å². The van der Waals surface area contributed by atoms with Crippen molar-refractivity contribution in [1.29, 1.82) is 0 Å². The fourth-order valence-electron chi connectivity index (χ4n) is 0.662. The van der Waals surface area contributed by atoms with Crippen LogP contribution in [-0.4, -0.2) is 16.6 Å². The third kappa shape index (κ3) is 1.22. The van der Waals surface area contributed by atoms with Gasteiger partial charge in [0.05, 0.1) is 6.33 Å². The van der Waals surface area contributed by atoms with Crippen LogP contribution in [0.1, 0.15) is 6.92 Å². The van der Waals surface area contributed by atoms with Gasteiger partial charge in [0.25, 0.3) is 0 Å². The van der Waals surface area contributed by atoms with E-state index in [1.165, 1.54) is 0 Å². The van der Waals surface area contributed by atoms with E-state index in [4.69, 9.17) is 0 Å².